The second-order valence-electron chi connectivity index (χ2n) is 9.87. The molecule has 0 unspecified atom stereocenters. The summed E-state index contributed by atoms with van der Waals surface area (Å²) in [7, 11) is 2.97. The molecular formula is C22H32O7. The molecule has 3 fully saturated rings. The molecule has 1 saturated heterocycles. The van der Waals surface area contributed by atoms with Crippen molar-refractivity contribution in [2.75, 3.05) is 14.2 Å². The molecule has 3 aliphatic carbocycles. The molecule has 0 aromatic carbocycles. The first-order valence-corrected chi connectivity index (χ1v) is 10.4. The zero-order chi connectivity index (χ0) is 21.5. The Morgan fingerprint density at radius 3 is 2.45 bits per heavy atom. The molecule has 29 heavy (non-hydrogen) atoms. The topological polar surface area (TPSA) is 102 Å². The number of hydrogen-bond acceptors (Lipinski definition) is 7. The van der Waals surface area contributed by atoms with Crippen molar-refractivity contribution in [1.29, 1.82) is 0 Å². The van der Waals surface area contributed by atoms with Gasteiger partial charge >= 0.3 is 5.97 Å². The van der Waals surface area contributed by atoms with Gasteiger partial charge in [-0.1, -0.05) is 27.7 Å². The van der Waals surface area contributed by atoms with Crippen LogP contribution in [0.15, 0.2) is 11.8 Å². The van der Waals surface area contributed by atoms with E-state index < -0.39 is 52.5 Å². The number of esters is 1. The van der Waals surface area contributed by atoms with Gasteiger partial charge in [-0.3, -0.25) is 9.59 Å². The van der Waals surface area contributed by atoms with Gasteiger partial charge in [0.15, 0.2) is 5.76 Å². The predicted octanol–water partition coefficient (Wildman–Crippen LogP) is 1.46. The molecule has 2 saturated carbocycles. The van der Waals surface area contributed by atoms with Crippen LogP contribution in [0.5, 0.6) is 0 Å². The third-order valence-electron chi connectivity index (χ3n) is 9.00. The summed E-state index contributed by atoms with van der Waals surface area (Å²) in [5.41, 5.74) is -3.44. The summed E-state index contributed by atoms with van der Waals surface area (Å²) in [6, 6.07) is 0. The number of methoxy groups -OCH3 is 2. The molecule has 7 nitrogen and oxygen atoms in total. The van der Waals surface area contributed by atoms with E-state index in [1.54, 1.807) is 6.92 Å². The van der Waals surface area contributed by atoms with E-state index in [9.17, 15) is 19.8 Å². The van der Waals surface area contributed by atoms with Crippen LogP contribution in [-0.2, 0) is 23.8 Å². The number of hydrogen-bond donors (Lipinski definition) is 2. The number of ketones is 1. The van der Waals surface area contributed by atoms with Gasteiger partial charge in [0.2, 0.25) is 5.78 Å². The predicted molar refractivity (Wildman–Crippen MR) is 102 cm³/mol. The van der Waals surface area contributed by atoms with Crippen molar-refractivity contribution in [2.24, 2.45) is 34.5 Å². The van der Waals surface area contributed by atoms with Gasteiger partial charge in [-0.2, -0.15) is 0 Å². The number of carbonyl (C=O) groups is 2. The highest BCUT2D eigenvalue weighted by molar-refractivity contribution is 5.99. The second kappa shape index (κ2) is 6.28. The lowest BCUT2D eigenvalue weighted by Gasteiger charge is -2.70. The van der Waals surface area contributed by atoms with Crippen LogP contribution in [0.3, 0.4) is 0 Å². The molecule has 0 spiro atoms. The molecule has 162 valence electrons. The fourth-order valence-corrected chi connectivity index (χ4v) is 7.49. The van der Waals surface area contributed by atoms with Crippen LogP contribution in [0, 0.1) is 34.5 Å². The third-order valence-corrected chi connectivity index (χ3v) is 9.00. The Morgan fingerprint density at radius 1 is 1.21 bits per heavy atom. The fourth-order valence-electron chi connectivity index (χ4n) is 7.49. The van der Waals surface area contributed by atoms with Crippen molar-refractivity contribution in [3.05, 3.63) is 11.8 Å². The standard InChI is InChI=1S/C22H32O7/c1-10-7-13(27-5)19(25)20(3)12(10)8-14-21(4)18(20)16(24)17(28-6)11(2)22(21,26)9-15(23)29-14/h7,10-12,14,16-18,24,26H,8-9H2,1-6H3/t10-,11+,12+,14-,16-,17+,18-,20+,21-,22-/m1/s1. The van der Waals surface area contributed by atoms with Gasteiger partial charge in [0.05, 0.1) is 31.3 Å². The molecular weight excluding hydrogens is 376 g/mol. The van der Waals surface area contributed by atoms with Gasteiger partial charge in [-0.05, 0) is 24.3 Å². The monoisotopic (exact) mass is 408 g/mol. The van der Waals surface area contributed by atoms with Crippen LogP contribution in [0.25, 0.3) is 0 Å². The number of Topliss-reactive ketones (excluding diaryl/α,β-unsaturated/α-hetero) is 1. The summed E-state index contributed by atoms with van der Waals surface area (Å²) in [4.78, 5) is 26.1. The maximum atomic E-state index is 13.6. The highest BCUT2D eigenvalue weighted by Crippen LogP contribution is 2.69. The average molecular weight is 408 g/mol. The van der Waals surface area contributed by atoms with Crippen molar-refractivity contribution in [3.8, 4) is 0 Å². The van der Waals surface area contributed by atoms with Gasteiger partial charge < -0.3 is 24.4 Å². The largest absolute Gasteiger partial charge is 0.493 e. The molecule has 0 amide bonds. The lowest BCUT2D eigenvalue weighted by Crippen LogP contribution is -2.79. The van der Waals surface area contributed by atoms with Crippen LogP contribution in [0.1, 0.15) is 40.5 Å². The maximum Gasteiger partial charge on any atom is 0.309 e. The van der Waals surface area contributed by atoms with Crippen molar-refractivity contribution in [1.82, 2.24) is 0 Å². The number of rotatable bonds is 2. The number of aliphatic hydroxyl groups excluding tert-OH is 1. The molecule has 4 rings (SSSR count). The molecule has 10 atom stereocenters. The average Bonchev–Trinajstić information content (AvgIpc) is 2.65. The highest BCUT2D eigenvalue weighted by Gasteiger charge is 2.77. The summed E-state index contributed by atoms with van der Waals surface area (Å²) in [5, 5.41) is 23.5. The summed E-state index contributed by atoms with van der Waals surface area (Å²) >= 11 is 0. The summed E-state index contributed by atoms with van der Waals surface area (Å²) in [6.45, 7) is 7.55. The molecule has 0 aromatic rings. The Labute approximate surface area is 171 Å². The molecule has 4 aliphatic rings. The Bertz CT molecular complexity index is 777. The normalized spacial score (nSPS) is 54.1. The number of carbonyl (C=O) groups excluding carboxylic acids is 2. The Morgan fingerprint density at radius 2 is 1.86 bits per heavy atom. The third kappa shape index (κ3) is 2.24. The molecule has 2 N–H and O–H groups in total. The fraction of sp³-hybridized carbons (Fsp3) is 0.818. The van der Waals surface area contributed by atoms with Crippen LogP contribution in [-0.4, -0.2) is 60.1 Å². The maximum absolute atomic E-state index is 13.6. The first-order chi connectivity index (χ1) is 13.5. The number of ether oxygens (including phenoxy) is 3. The molecule has 7 heteroatoms. The smallest absolute Gasteiger partial charge is 0.309 e. The van der Waals surface area contributed by atoms with Crippen LogP contribution in [0.4, 0.5) is 0 Å². The zero-order valence-corrected chi connectivity index (χ0v) is 18.0. The highest BCUT2D eigenvalue weighted by atomic mass is 16.6. The van der Waals surface area contributed by atoms with E-state index in [4.69, 9.17) is 14.2 Å². The number of aliphatic hydroxyl groups is 2. The lowest BCUT2D eigenvalue weighted by atomic mass is 9.37. The number of allylic oxidation sites excluding steroid dienone is 2. The van der Waals surface area contributed by atoms with Gasteiger partial charge in [0.25, 0.3) is 0 Å². The zero-order valence-electron chi connectivity index (χ0n) is 18.0. The van der Waals surface area contributed by atoms with E-state index >= 15 is 0 Å². The Hall–Kier alpha value is -1.44. The molecule has 0 aromatic heterocycles. The lowest BCUT2D eigenvalue weighted by molar-refractivity contribution is -0.331. The van der Waals surface area contributed by atoms with Gasteiger partial charge in [-0.25, -0.2) is 0 Å². The number of fused-ring (bicyclic) bond motifs is 2. The van der Waals surface area contributed by atoms with E-state index in [0.29, 0.717) is 6.42 Å². The van der Waals surface area contributed by atoms with Gasteiger partial charge in [0, 0.05) is 29.8 Å². The molecule has 0 bridgehead atoms. The molecule has 1 aliphatic heterocycles. The van der Waals surface area contributed by atoms with Crippen molar-refractivity contribution < 1.29 is 34.0 Å². The first kappa shape index (κ1) is 20.8. The van der Waals surface area contributed by atoms with Gasteiger partial charge in [0.1, 0.15) is 6.10 Å². The van der Waals surface area contributed by atoms with Gasteiger partial charge in [-0.15, -0.1) is 0 Å². The van der Waals surface area contributed by atoms with Crippen molar-refractivity contribution in [3.63, 3.8) is 0 Å². The van der Waals surface area contributed by atoms with E-state index in [1.165, 1.54) is 14.2 Å². The Balaban J connectivity index is 1.98. The Kier molecular flexibility index (Phi) is 4.51. The molecule has 0 radical (unpaired) electrons. The van der Waals surface area contributed by atoms with Crippen molar-refractivity contribution >= 4 is 11.8 Å². The van der Waals surface area contributed by atoms with E-state index in [1.807, 2.05) is 26.8 Å². The summed E-state index contributed by atoms with van der Waals surface area (Å²) in [6.07, 6.45) is -0.198. The van der Waals surface area contributed by atoms with Crippen LogP contribution in [0.2, 0.25) is 0 Å². The van der Waals surface area contributed by atoms with Crippen LogP contribution < -0.4 is 0 Å². The second-order valence-corrected chi connectivity index (χ2v) is 9.87. The van der Waals surface area contributed by atoms with Crippen LogP contribution >= 0.6 is 0 Å². The minimum Gasteiger partial charge on any atom is -0.493 e. The van der Waals surface area contributed by atoms with Crippen molar-refractivity contribution in [2.45, 2.75) is 64.4 Å². The molecule has 1 heterocycles. The summed E-state index contributed by atoms with van der Waals surface area (Å²) in [5.74, 6) is -1.67. The summed E-state index contributed by atoms with van der Waals surface area (Å²) < 4.78 is 16.8. The van der Waals surface area contributed by atoms with E-state index in [-0.39, 0.29) is 29.8 Å². The minimum atomic E-state index is -1.45. The minimum absolute atomic E-state index is 0.0153. The SMILES string of the molecule is COC1=C[C@@H](C)[C@@H]2C[C@H]3OC(=O)C[C@@]4(O)[C@@H](C)[C@H](OC)[C@@H](O)[C@H]([C@@]2(C)C1=O)[C@@]34C. The van der Waals surface area contributed by atoms with E-state index in [2.05, 4.69) is 0 Å². The quantitative estimate of drug-likeness (QED) is 0.667. The first-order valence-electron chi connectivity index (χ1n) is 10.4. The van der Waals surface area contributed by atoms with E-state index in [0.717, 1.165) is 0 Å².